The first-order valence-electron chi connectivity index (χ1n) is 13.3. The molecule has 0 bridgehead atoms. The zero-order valence-corrected chi connectivity index (χ0v) is 21.6. The van der Waals surface area contributed by atoms with Crippen molar-refractivity contribution in [2.24, 2.45) is 0 Å². The molecule has 0 spiro atoms. The molecule has 0 aliphatic rings. The maximum atomic E-state index is 12.8. The number of H-pyrrole nitrogens is 1. The van der Waals surface area contributed by atoms with E-state index in [1.54, 1.807) is 4.73 Å². The monoisotopic (exact) mass is 504 g/mol. The number of para-hydroxylation sites is 1. The number of carbonyl (C=O) groups excluding carboxylic acids is 1. The van der Waals surface area contributed by atoms with Gasteiger partial charge in [0, 0.05) is 35.7 Å². The van der Waals surface area contributed by atoms with Crippen molar-refractivity contribution in [1.82, 2.24) is 9.71 Å². The molecular formula is C33H32N2O3. The maximum Gasteiger partial charge on any atom is 0.332 e. The third-order valence-corrected chi connectivity index (χ3v) is 6.91. The zero-order valence-electron chi connectivity index (χ0n) is 21.6. The molecule has 0 aliphatic heterocycles. The van der Waals surface area contributed by atoms with Gasteiger partial charge < -0.3 is 9.82 Å². The van der Waals surface area contributed by atoms with Gasteiger partial charge in [-0.2, -0.15) is 4.73 Å². The number of benzene rings is 3. The fraction of sp³-hybridized carbons (Fsp3) is 0.212. The zero-order chi connectivity index (χ0) is 26.3. The fourth-order valence-electron chi connectivity index (χ4n) is 5.09. The molecule has 2 heterocycles. The Balaban J connectivity index is 1.38. The van der Waals surface area contributed by atoms with E-state index >= 15 is 0 Å². The fourth-order valence-corrected chi connectivity index (χ4v) is 5.09. The highest BCUT2D eigenvalue weighted by atomic mass is 16.7. The summed E-state index contributed by atoms with van der Waals surface area (Å²) in [6.07, 6.45) is 7.08. The first-order chi connectivity index (χ1) is 18.6. The summed E-state index contributed by atoms with van der Waals surface area (Å²) in [6, 6.07) is 30.8. The lowest BCUT2D eigenvalue weighted by Gasteiger charge is -2.19. The van der Waals surface area contributed by atoms with Gasteiger partial charge in [0.2, 0.25) is 0 Å². The van der Waals surface area contributed by atoms with Crippen molar-refractivity contribution in [3.63, 3.8) is 0 Å². The average Bonchev–Trinajstić information content (AvgIpc) is 3.29. The molecule has 0 saturated carbocycles. The first kappa shape index (κ1) is 25.3. The van der Waals surface area contributed by atoms with E-state index < -0.39 is 0 Å². The predicted molar refractivity (Wildman–Crippen MR) is 151 cm³/mol. The summed E-state index contributed by atoms with van der Waals surface area (Å²) < 4.78 is 1.58. The number of hydrogen-bond acceptors (Lipinski definition) is 3. The van der Waals surface area contributed by atoms with Gasteiger partial charge in [0.25, 0.3) is 5.56 Å². The van der Waals surface area contributed by atoms with E-state index in [4.69, 9.17) is 4.84 Å². The van der Waals surface area contributed by atoms with Crippen molar-refractivity contribution in [1.29, 1.82) is 0 Å². The number of rotatable bonds is 10. The topological polar surface area (TPSA) is 64.1 Å². The van der Waals surface area contributed by atoms with Crippen LogP contribution in [0.1, 0.15) is 59.9 Å². The summed E-state index contributed by atoms with van der Waals surface area (Å²) in [6.45, 7) is 1.96. The molecule has 1 N–H and O–H groups in total. The van der Waals surface area contributed by atoms with Gasteiger partial charge in [0.15, 0.2) is 0 Å². The minimum absolute atomic E-state index is 0.0313. The number of aromatic nitrogens is 2. The van der Waals surface area contributed by atoms with E-state index in [1.165, 1.54) is 11.1 Å². The molecule has 0 fully saturated rings. The number of fused-ring (bicyclic) bond motifs is 1. The largest absolute Gasteiger partial charge is 0.337 e. The van der Waals surface area contributed by atoms with Gasteiger partial charge in [-0.05, 0) is 60.1 Å². The summed E-state index contributed by atoms with van der Waals surface area (Å²) in [5, 5.41) is 1.06. The molecule has 5 heteroatoms. The van der Waals surface area contributed by atoms with Crippen molar-refractivity contribution in [3.05, 3.63) is 142 Å². The van der Waals surface area contributed by atoms with Crippen molar-refractivity contribution >= 4 is 16.9 Å². The van der Waals surface area contributed by atoms with E-state index in [0.717, 1.165) is 46.9 Å². The van der Waals surface area contributed by atoms with Gasteiger partial charge in [-0.15, -0.1) is 0 Å². The second-order valence-corrected chi connectivity index (χ2v) is 9.61. The highest BCUT2D eigenvalue weighted by molar-refractivity contribution is 5.84. The summed E-state index contributed by atoms with van der Waals surface area (Å²) in [5.41, 5.74) is 6.13. The van der Waals surface area contributed by atoms with E-state index in [1.807, 2.05) is 80.0 Å². The van der Waals surface area contributed by atoms with Crippen LogP contribution in [0.5, 0.6) is 0 Å². The maximum absolute atomic E-state index is 12.8. The Morgan fingerprint density at radius 2 is 1.47 bits per heavy atom. The molecule has 3 aromatic carbocycles. The van der Waals surface area contributed by atoms with Gasteiger partial charge in [0.05, 0.1) is 5.52 Å². The normalized spacial score (nSPS) is 11.2. The van der Waals surface area contributed by atoms with E-state index in [9.17, 15) is 9.59 Å². The minimum Gasteiger partial charge on any atom is -0.337 e. The molecule has 0 amide bonds. The predicted octanol–water partition coefficient (Wildman–Crippen LogP) is 6.44. The van der Waals surface area contributed by atoms with Crippen LogP contribution in [-0.2, 0) is 17.6 Å². The molecule has 0 aliphatic carbocycles. The molecule has 5 aromatic rings. The molecule has 0 radical (unpaired) electrons. The summed E-state index contributed by atoms with van der Waals surface area (Å²) in [7, 11) is 0. The van der Waals surface area contributed by atoms with Crippen LogP contribution in [0.3, 0.4) is 0 Å². The minimum atomic E-state index is -0.241. The van der Waals surface area contributed by atoms with Gasteiger partial charge in [0.1, 0.15) is 0 Å². The Labute approximate surface area is 222 Å². The van der Waals surface area contributed by atoms with Crippen molar-refractivity contribution in [3.8, 4) is 0 Å². The molecule has 0 saturated heterocycles. The Bertz CT molecular complexity index is 1530. The lowest BCUT2D eigenvalue weighted by atomic mass is 9.85. The standard InChI is InChI=1S/C33H32N2O3/c1-2-12-31(36)38-35-23-27(29-19-9-10-20-30(29)35)18-11-17-26-21-28(22-34-33(26)37)32(24-13-5-3-6-14-24)25-15-7-4-8-16-25/h3-10,13-16,19-23,32H,2,11-12,17-18H2,1H3,(H,34,37). The number of hydrogen-bond donors (Lipinski definition) is 1. The van der Waals surface area contributed by atoms with Gasteiger partial charge in [-0.25, -0.2) is 4.79 Å². The number of aromatic amines is 1. The Morgan fingerprint density at radius 1 is 0.842 bits per heavy atom. The second-order valence-electron chi connectivity index (χ2n) is 9.61. The van der Waals surface area contributed by atoms with Gasteiger partial charge >= 0.3 is 5.97 Å². The number of nitrogens with one attached hydrogen (secondary N) is 1. The van der Waals surface area contributed by atoms with E-state index in [0.29, 0.717) is 12.8 Å². The van der Waals surface area contributed by atoms with Crippen molar-refractivity contribution in [2.45, 2.75) is 44.9 Å². The number of carbonyl (C=O) groups is 1. The van der Waals surface area contributed by atoms with Gasteiger partial charge in [-0.3, -0.25) is 4.79 Å². The van der Waals surface area contributed by atoms with Crippen LogP contribution in [0, 0.1) is 0 Å². The lowest BCUT2D eigenvalue weighted by Crippen LogP contribution is -2.18. The highest BCUT2D eigenvalue weighted by Crippen LogP contribution is 2.31. The highest BCUT2D eigenvalue weighted by Gasteiger charge is 2.18. The quantitative estimate of drug-likeness (QED) is 0.238. The van der Waals surface area contributed by atoms with Crippen molar-refractivity contribution in [2.75, 3.05) is 0 Å². The van der Waals surface area contributed by atoms with Crippen LogP contribution < -0.4 is 10.4 Å². The Morgan fingerprint density at radius 3 is 2.16 bits per heavy atom. The summed E-state index contributed by atoms with van der Waals surface area (Å²) in [5.74, 6) is -0.210. The average molecular weight is 505 g/mol. The number of aryl methyl sites for hydroxylation is 2. The van der Waals surface area contributed by atoms with Crippen LogP contribution in [0.2, 0.25) is 0 Å². The SMILES string of the molecule is CCCC(=O)On1cc(CCCc2cc(C(c3ccccc3)c3ccccc3)c[nH]c2=O)c2ccccc21. The molecule has 5 nitrogen and oxygen atoms in total. The second kappa shape index (κ2) is 11.8. The summed E-state index contributed by atoms with van der Waals surface area (Å²) >= 11 is 0. The molecule has 2 aromatic heterocycles. The van der Waals surface area contributed by atoms with Crippen LogP contribution in [0.4, 0.5) is 0 Å². The van der Waals surface area contributed by atoms with Gasteiger partial charge in [-0.1, -0.05) is 85.8 Å². The van der Waals surface area contributed by atoms with E-state index in [2.05, 4.69) is 35.3 Å². The molecule has 0 unspecified atom stereocenters. The smallest absolute Gasteiger partial charge is 0.332 e. The Kier molecular flexibility index (Phi) is 7.84. The third-order valence-electron chi connectivity index (χ3n) is 6.91. The molecule has 38 heavy (non-hydrogen) atoms. The van der Waals surface area contributed by atoms with Crippen LogP contribution in [0.15, 0.2) is 108 Å². The number of pyridine rings is 1. The molecule has 0 atom stereocenters. The number of nitrogens with zero attached hydrogens (tertiary/aromatic N) is 1. The van der Waals surface area contributed by atoms with Crippen molar-refractivity contribution < 1.29 is 9.63 Å². The summed E-state index contributed by atoms with van der Waals surface area (Å²) in [4.78, 5) is 33.5. The first-order valence-corrected chi connectivity index (χ1v) is 13.3. The van der Waals surface area contributed by atoms with Crippen LogP contribution in [0.25, 0.3) is 10.9 Å². The molecule has 5 rings (SSSR count). The van der Waals surface area contributed by atoms with Crippen LogP contribution in [-0.4, -0.2) is 15.7 Å². The van der Waals surface area contributed by atoms with E-state index in [-0.39, 0.29) is 17.4 Å². The third kappa shape index (κ3) is 5.62. The molecular weight excluding hydrogens is 472 g/mol. The Hall–Kier alpha value is -4.38. The lowest BCUT2D eigenvalue weighted by molar-refractivity contribution is -0.143. The molecule has 192 valence electrons. The van der Waals surface area contributed by atoms with Crippen LogP contribution >= 0.6 is 0 Å².